The third-order valence-electron chi connectivity index (χ3n) is 3.03. The maximum Gasteiger partial charge on any atom is 0.326 e. The molecule has 110 valence electrons. The number of hydrogen-bond acceptors (Lipinski definition) is 4. The Kier molecular flexibility index (Phi) is 4.84. The Morgan fingerprint density at radius 3 is 2.40 bits per heavy atom. The van der Waals surface area contributed by atoms with Crippen LogP contribution in [0.4, 0.5) is 0 Å². The molecule has 1 heterocycles. The predicted molar refractivity (Wildman–Crippen MR) is 69.8 cm³/mol. The molecule has 0 aliphatic heterocycles. The quantitative estimate of drug-likeness (QED) is 0.618. The highest BCUT2D eigenvalue weighted by atomic mass is 16.4. The van der Waals surface area contributed by atoms with Crippen LogP contribution in [0.1, 0.15) is 23.4 Å². The average Bonchev–Trinajstić information content (AvgIpc) is 2.54. The van der Waals surface area contributed by atoms with E-state index >= 15 is 0 Å². The number of hydrogen-bond donors (Lipinski definition) is 3. The summed E-state index contributed by atoms with van der Waals surface area (Å²) in [4.78, 5) is 33.5. The van der Waals surface area contributed by atoms with Crippen LogP contribution in [0.5, 0.6) is 0 Å². The number of nitrogens with zero attached hydrogens (tertiary/aromatic N) is 2. The summed E-state index contributed by atoms with van der Waals surface area (Å²) >= 11 is 0. The average molecular weight is 282 g/mol. The molecule has 0 spiro atoms. The van der Waals surface area contributed by atoms with Crippen molar-refractivity contribution in [3.05, 3.63) is 17.0 Å². The zero-order valence-corrected chi connectivity index (χ0v) is 11.6. The number of primary amides is 1. The summed E-state index contributed by atoms with van der Waals surface area (Å²) in [7, 11) is 1.76. The van der Waals surface area contributed by atoms with Gasteiger partial charge in [0.1, 0.15) is 6.04 Å². The van der Waals surface area contributed by atoms with Crippen molar-refractivity contribution in [3.8, 4) is 0 Å². The SMILES string of the molecule is Cc1nn(C)c(C)c1CC(=O)NC(CC(N)=O)C(=O)O. The first-order valence-electron chi connectivity index (χ1n) is 6.02. The molecule has 4 N–H and O–H groups in total. The van der Waals surface area contributed by atoms with Crippen molar-refractivity contribution in [2.45, 2.75) is 32.7 Å². The van der Waals surface area contributed by atoms with Crippen LogP contribution in [-0.2, 0) is 27.9 Å². The highest BCUT2D eigenvalue weighted by Gasteiger charge is 2.23. The van der Waals surface area contributed by atoms with Crippen LogP contribution in [0, 0.1) is 13.8 Å². The maximum atomic E-state index is 11.9. The molecule has 0 saturated carbocycles. The second-order valence-electron chi connectivity index (χ2n) is 4.58. The van der Waals surface area contributed by atoms with Crippen LogP contribution < -0.4 is 11.1 Å². The molecule has 1 unspecified atom stereocenters. The number of carboxylic acid groups (broad SMARTS) is 1. The Morgan fingerprint density at radius 1 is 1.40 bits per heavy atom. The van der Waals surface area contributed by atoms with E-state index < -0.39 is 30.2 Å². The van der Waals surface area contributed by atoms with Gasteiger partial charge in [-0.1, -0.05) is 0 Å². The lowest BCUT2D eigenvalue weighted by atomic mass is 10.1. The molecule has 20 heavy (non-hydrogen) atoms. The molecule has 1 aromatic rings. The van der Waals surface area contributed by atoms with Crippen LogP contribution >= 0.6 is 0 Å². The van der Waals surface area contributed by atoms with Crippen molar-refractivity contribution < 1.29 is 19.5 Å². The number of amides is 2. The van der Waals surface area contributed by atoms with E-state index in [9.17, 15) is 14.4 Å². The van der Waals surface area contributed by atoms with E-state index in [4.69, 9.17) is 10.8 Å². The minimum Gasteiger partial charge on any atom is -0.480 e. The summed E-state index contributed by atoms with van der Waals surface area (Å²) in [5.41, 5.74) is 7.23. The normalized spacial score (nSPS) is 11.9. The molecule has 0 fully saturated rings. The lowest BCUT2D eigenvalue weighted by Crippen LogP contribution is -2.44. The summed E-state index contributed by atoms with van der Waals surface area (Å²) in [6.45, 7) is 3.59. The molecule has 1 rings (SSSR count). The Hall–Kier alpha value is -2.38. The Bertz CT molecular complexity index is 550. The second kappa shape index (κ2) is 6.18. The van der Waals surface area contributed by atoms with Gasteiger partial charge in [-0.15, -0.1) is 0 Å². The van der Waals surface area contributed by atoms with Crippen molar-refractivity contribution in [2.24, 2.45) is 12.8 Å². The van der Waals surface area contributed by atoms with Crippen molar-refractivity contribution in [3.63, 3.8) is 0 Å². The zero-order valence-electron chi connectivity index (χ0n) is 11.6. The summed E-state index contributed by atoms with van der Waals surface area (Å²) in [6.07, 6.45) is -0.430. The van der Waals surface area contributed by atoms with Crippen LogP contribution in [0.2, 0.25) is 0 Å². The van der Waals surface area contributed by atoms with Gasteiger partial charge in [-0.3, -0.25) is 14.3 Å². The summed E-state index contributed by atoms with van der Waals surface area (Å²) in [5, 5.41) is 15.4. The van der Waals surface area contributed by atoms with Gasteiger partial charge in [0, 0.05) is 18.3 Å². The maximum absolute atomic E-state index is 11.9. The van der Waals surface area contributed by atoms with Crippen LogP contribution in [0.3, 0.4) is 0 Å². The molecule has 1 aromatic heterocycles. The fourth-order valence-electron chi connectivity index (χ4n) is 1.88. The standard InChI is InChI=1S/C12H18N4O4/c1-6-8(7(2)16(3)15-6)4-11(18)14-9(12(19)20)5-10(13)17/h9H,4-5H2,1-3H3,(H2,13,17)(H,14,18)(H,19,20). The largest absolute Gasteiger partial charge is 0.480 e. The fraction of sp³-hybridized carbons (Fsp3) is 0.500. The molecular weight excluding hydrogens is 264 g/mol. The Morgan fingerprint density at radius 2 is 2.00 bits per heavy atom. The summed E-state index contributed by atoms with van der Waals surface area (Å²) in [6, 6.07) is -1.31. The van der Waals surface area contributed by atoms with Gasteiger partial charge in [0.2, 0.25) is 11.8 Å². The molecule has 0 aromatic carbocycles. The van der Waals surface area contributed by atoms with Gasteiger partial charge in [-0.25, -0.2) is 4.79 Å². The number of carbonyl (C=O) groups excluding carboxylic acids is 2. The number of aliphatic carboxylic acids is 1. The first-order chi connectivity index (χ1) is 9.22. The molecule has 0 aliphatic rings. The van der Waals surface area contributed by atoms with Gasteiger partial charge in [-0.2, -0.15) is 5.10 Å². The lowest BCUT2D eigenvalue weighted by molar-refractivity contribution is -0.143. The molecular formula is C12H18N4O4. The fourth-order valence-corrected chi connectivity index (χ4v) is 1.88. The molecule has 0 aliphatic carbocycles. The smallest absolute Gasteiger partial charge is 0.326 e. The van der Waals surface area contributed by atoms with E-state index in [2.05, 4.69) is 10.4 Å². The summed E-state index contributed by atoms with van der Waals surface area (Å²) in [5.74, 6) is -2.57. The molecule has 2 amide bonds. The van der Waals surface area contributed by atoms with E-state index in [-0.39, 0.29) is 6.42 Å². The lowest BCUT2D eigenvalue weighted by Gasteiger charge is -2.12. The highest BCUT2D eigenvalue weighted by Crippen LogP contribution is 2.12. The van der Waals surface area contributed by atoms with Crippen LogP contribution in [0.15, 0.2) is 0 Å². The molecule has 8 nitrogen and oxygen atoms in total. The van der Waals surface area contributed by atoms with Crippen LogP contribution in [0.25, 0.3) is 0 Å². The highest BCUT2D eigenvalue weighted by molar-refractivity contribution is 5.88. The second-order valence-corrected chi connectivity index (χ2v) is 4.58. The van der Waals surface area contributed by atoms with Gasteiger partial charge >= 0.3 is 5.97 Å². The number of aryl methyl sites for hydroxylation is 2. The number of carboxylic acids is 1. The number of aromatic nitrogens is 2. The molecule has 0 saturated heterocycles. The van der Waals surface area contributed by atoms with Gasteiger partial charge < -0.3 is 16.2 Å². The number of carbonyl (C=O) groups is 3. The third-order valence-corrected chi connectivity index (χ3v) is 3.03. The topological polar surface area (TPSA) is 127 Å². The minimum atomic E-state index is -1.31. The molecule has 1 atom stereocenters. The van der Waals surface area contributed by atoms with Gasteiger partial charge in [0.15, 0.2) is 0 Å². The number of nitrogens with two attached hydrogens (primary N) is 1. The van der Waals surface area contributed by atoms with Crippen LogP contribution in [-0.4, -0.2) is 38.7 Å². The molecule has 8 heteroatoms. The monoisotopic (exact) mass is 282 g/mol. The van der Waals surface area contributed by atoms with E-state index in [0.717, 1.165) is 11.3 Å². The molecule has 0 bridgehead atoms. The first-order valence-corrected chi connectivity index (χ1v) is 6.02. The van der Waals surface area contributed by atoms with E-state index in [1.165, 1.54) is 0 Å². The minimum absolute atomic E-state index is 0.00798. The van der Waals surface area contributed by atoms with Gasteiger partial charge in [0.25, 0.3) is 0 Å². The van der Waals surface area contributed by atoms with E-state index in [0.29, 0.717) is 5.69 Å². The Balaban J connectivity index is 2.75. The van der Waals surface area contributed by atoms with E-state index in [1.54, 1.807) is 18.7 Å². The van der Waals surface area contributed by atoms with Gasteiger partial charge in [-0.05, 0) is 13.8 Å². The first kappa shape index (κ1) is 15.7. The number of rotatable bonds is 6. The Labute approximate surface area is 115 Å². The van der Waals surface area contributed by atoms with Crippen molar-refractivity contribution in [1.29, 1.82) is 0 Å². The van der Waals surface area contributed by atoms with Crippen molar-refractivity contribution in [2.75, 3.05) is 0 Å². The van der Waals surface area contributed by atoms with Crippen molar-refractivity contribution >= 4 is 17.8 Å². The zero-order chi connectivity index (χ0) is 15.4. The molecule has 0 radical (unpaired) electrons. The van der Waals surface area contributed by atoms with Gasteiger partial charge in [0.05, 0.1) is 18.5 Å². The third kappa shape index (κ3) is 3.81. The van der Waals surface area contributed by atoms with E-state index in [1.807, 2.05) is 6.92 Å². The predicted octanol–water partition coefficient (Wildman–Crippen LogP) is -0.976. The summed E-state index contributed by atoms with van der Waals surface area (Å²) < 4.78 is 1.65. The number of nitrogens with one attached hydrogen (secondary N) is 1. The van der Waals surface area contributed by atoms with Crippen molar-refractivity contribution in [1.82, 2.24) is 15.1 Å².